The molecule has 0 aliphatic rings. The van der Waals surface area contributed by atoms with Gasteiger partial charge < -0.3 is 15.6 Å². The zero-order chi connectivity index (χ0) is 25.9. The van der Waals surface area contributed by atoms with E-state index in [0.29, 0.717) is 28.0 Å². The summed E-state index contributed by atoms with van der Waals surface area (Å²) in [5, 5.41) is 19.3. The number of carbonyl (C=O) groups is 2. The highest BCUT2D eigenvalue weighted by Gasteiger charge is 2.17. The van der Waals surface area contributed by atoms with Crippen molar-refractivity contribution >= 4 is 34.1 Å². The molecule has 0 aliphatic heterocycles. The standard InChI is InChI=1S/C27H20N6O4/c1-15-5-2-3-6-17(15)13-23(34)29-21-8-4-7-18-12-22(30-24(18)21)26(35)31-20-10-9-16(14-28)11-19(20)25-32-27(36)37-33-25/h2-12,30H,13H2,1H3,(H,29,34)(H,31,35)(H,32,33,36). The molecule has 10 heteroatoms. The van der Waals surface area contributed by atoms with Gasteiger partial charge in [-0.3, -0.25) is 19.1 Å². The normalized spacial score (nSPS) is 10.7. The SMILES string of the molecule is Cc1ccccc1CC(=O)Nc1cccc2cc(C(=O)Nc3ccc(C#N)cc3-c3noc(=O)[nH]3)[nH]c12. The predicted octanol–water partition coefficient (Wildman–Crippen LogP) is 4.12. The van der Waals surface area contributed by atoms with Gasteiger partial charge in [-0.15, -0.1) is 0 Å². The number of benzene rings is 3. The molecule has 0 radical (unpaired) electrons. The Balaban J connectivity index is 1.40. The monoisotopic (exact) mass is 492 g/mol. The number of carbonyl (C=O) groups excluding carboxylic acids is 2. The lowest BCUT2D eigenvalue weighted by molar-refractivity contribution is -0.115. The van der Waals surface area contributed by atoms with Gasteiger partial charge in [0.1, 0.15) is 5.69 Å². The van der Waals surface area contributed by atoms with Crippen LogP contribution in [0.25, 0.3) is 22.3 Å². The van der Waals surface area contributed by atoms with Crippen LogP contribution in [0.1, 0.15) is 27.2 Å². The summed E-state index contributed by atoms with van der Waals surface area (Å²) in [6.45, 7) is 1.96. The van der Waals surface area contributed by atoms with Crippen LogP contribution in [0.5, 0.6) is 0 Å². The molecule has 0 fully saturated rings. The number of nitrogens with one attached hydrogen (secondary N) is 4. The number of amides is 2. The zero-order valence-corrected chi connectivity index (χ0v) is 19.6. The number of nitrogens with zero attached hydrogens (tertiary/aromatic N) is 2. The maximum atomic E-state index is 13.1. The van der Waals surface area contributed by atoms with Crippen LogP contribution in [0.4, 0.5) is 11.4 Å². The third-order valence-electron chi connectivity index (χ3n) is 5.88. The maximum absolute atomic E-state index is 13.1. The minimum atomic E-state index is -0.762. The molecule has 2 heterocycles. The summed E-state index contributed by atoms with van der Waals surface area (Å²) >= 11 is 0. The molecule has 0 saturated carbocycles. The molecule has 5 rings (SSSR count). The minimum absolute atomic E-state index is 0.0766. The molecule has 0 bridgehead atoms. The quantitative estimate of drug-likeness (QED) is 0.279. The number of fused-ring (bicyclic) bond motifs is 1. The highest BCUT2D eigenvalue weighted by atomic mass is 16.5. The number of aromatic amines is 2. The van der Waals surface area contributed by atoms with E-state index in [4.69, 9.17) is 0 Å². The molecule has 10 nitrogen and oxygen atoms in total. The van der Waals surface area contributed by atoms with Crippen LogP contribution >= 0.6 is 0 Å². The second-order valence-corrected chi connectivity index (χ2v) is 8.37. The molecule has 0 aliphatic carbocycles. The molecule has 182 valence electrons. The fourth-order valence-electron chi connectivity index (χ4n) is 4.01. The van der Waals surface area contributed by atoms with Gasteiger partial charge in [0.15, 0.2) is 5.82 Å². The van der Waals surface area contributed by atoms with Crippen molar-refractivity contribution in [2.75, 3.05) is 10.6 Å². The van der Waals surface area contributed by atoms with E-state index in [1.807, 2.05) is 43.3 Å². The maximum Gasteiger partial charge on any atom is 0.439 e. The van der Waals surface area contributed by atoms with Gasteiger partial charge in [-0.05, 0) is 48.4 Å². The van der Waals surface area contributed by atoms with Gasteiger partial charge in [0.25, 0.3) is 5.91 Å². The zero-order valence-electron chi connectivity index (χ0n) is 19.6. The number of rotatable bonds is 6. The fraction of sp³-hybridized carbons (Fsp3) is 0.0741. The average molecular weight is 492 g/mol. The Hall–Kier alpha value is -5.43. The molecule has 3 aromatic carbocycles. The first-order valence-electron chi connectivity index (χ1n) is 11.3. The van der Waals surface area contributed by atoms with Crippen LogP contribution in [0, 0.1) is 18.3 Å². The Labute approximate surface area is 209 Å². The number of para-hydroxylation sites is 1. The van der Waals surface area contributed by atoms with Crippen LogP contribution in [0.2, 0.25) is 0 Å². The fourth-order valence-corrected chi connectivity index (χ4v) is 4.01. The topological polar surface area (TPSA) is 157 Å². The number of hydrogen-bond donors (Lipinski definition) is 4. The number of hydrogen-bond acceptors (Lipinski definition) is 6. The largest absolute Gasteiger partial charge is 0.439 e. The van der Waals surface area contributed by atoms with E-state index < -0.39 is 11.7 Å². The summed E-state index contributed by atoms with van der Waals surface area (Å²) in [5.74, 6) is -1.33. The molecular formula is C27H20N6O4. The van der Waals surface area contributed by atoms with Gasteiger partial charge in [0.05, 0.1) is 34.9 Å². The smallest absolute Gasteiger partial charge is 0.349 e. The molecule has 4 N–H and O–H groups in total. The Morgan fingerprint density at radius 1 is 1.00 bits per heavy atom. The predicted molar refractivity (Wildman–Crippen MR) is 137 cm³/mol. The Morgan fingerprint density at radius 3 is 2.59 bits per heavy atom. The summed E-state index contributed by atoms with van der Waals surface area (Å²) in [7, 11) is 0. The highest BCUT2D eigenvalue weighted by molar-refractivity contribution is 6.09. The molecule has 2 aromatic heterocycles. The molecule has 2 amide bonds. The van der Waals surface area contributed by atoms with E-state index in [9.17, 15) is 19.6 Å². The number of anilines is 2. The average Bonchev–Trinajstić information content (AvgIpc) is 3.53. The van der Waals surface area contributed by atoms with Crippen LogP contribution < -0.4 is 16.4 Å². The van der Waals surface area contributed by atoms with Crippen LogP contribution in [-0.4, -0.2) is 26.9 Å². The lowest BCUT2D eigenvalue weighted by Gasteiger charge is -2.09. The molecule has 0 atom stereocenters. The Morgan fingerprint density at radius 2 is 1.84 bits per heavy atom. The van der Waals surface area contributed by atoms with E-state index in [1.165, 1.54) is 12.1 Å². The first-order chi connectivity index (χ1) is 17.9. The van der Waals surface area contributed by atoms with Crippen LogP contribution in [0.15, 0.2) is 76.0 Å². The van der Waals surface area contributed by atoms with Crippen molar-refractivity contribution < 1.29 is 14.1 Å². The van der Waals surface area contributed by atoms with Crippen molar-refractivity contribution in [1.29, 1.82) is 5.26 Å². The summed E-state index contributed by atoms with van der Waals surface area (Å²) in [4.78, 5) is 42.8. The van der Waals surface area contributed by atoms with Crippen molar-refractivity contribution in [3.8, 4) is 17.5 Å². The van der Waals surface area contributed by atoms with E-state index in [0.717, 1.165) is 16.5 Å². The number of aryl methyl sites for hydroxylation is 1. The van der Waals surface area contributed by atoms with E-state index in [1.54, 1.807) is 24.3 Å². The van der Waals surface area contributed by atoms with Gasteiger partial charge in [-0.1, -0.05) is 41.6 Å². The highest BCUT2D eigenvalue weighted by Crippen LogP contribution is 2.28. The second-order valence-electron chi connectivity index (χ2n) is 8.37. The van der Waals surface area contributed by atoms with Crippen molar-refractivity contribution in [2.45, 2.75) is 13.3 Å². The van der Waals surface area contributed by atoms with Gasteiger partial charge in [-0.2, -0.15) is 5.26 Å². The van der Waals surface area contributed by atoms with E-state index in [-0.39, 0.29) is 23.8 Å². The molecule has 0 saturated heterocycles. The number of nitriles is 1. The summed E-state index contributed by atoms with van der Waals surface area (Å²) in [6.07, 6.45) is 0.225. The molecule has 0 spiro atoms. The van der Waals surface area contributed by atoms with Gasteiger partial charge in [0.2, 0.25) is 5.91 Å². The number of H-pyrrole nitrogens is 2. The molecule has 0 unspecified atom stereocenters. The van der Waals surface area contributed by atoms with Gasteiger partial charge >= 0.3 is 5.76 Å². The van der Waals surface area contributed by atoms with Crippen molar-refractivity contribution in [2.24, 2.45) is 0 Å². The Bertz CT molecular complexity index is 1750. The Kier molecular flexibility index (Phi) is 6.10. The third kappa shape index (κ3) is 4.87. The lowest BCUT2D eigenvalue weighted by Crippen LogP contribution is -2.15. The van der Waals surface area contributed by atoms with Crippen molar-refractivity contribution in [3.05, 3.63) is 99.7 Å². The molecule has 5 aromatic rings. The van der Waals surface area contributed by atoms with E-state index >= 15 is 0 Å². The lowest BCUT2D eigenvalue weighted by atomic mass is 10.1. The summed E-state index contributed by atoms with van der Waals surface area (Å²) < 4.78 is 4.57. The molecular weight excluding hydrogens is 472 g/mol. The van der Waals surface area contributed by atoms with Crippen molar-refractivity contribution in [1.82, 2.24) is 15.1 Å². The first-order valence-corrected chi connectivity index (χ1v) is 11.3. The summed E-state index contributed by atoms with van der Waals surface area (Å²) in [6, 6.07) is 21.3. The molecule has 37 heavy (non-hydrogen) atoms. The first kappa shape index (κ1) is 23.3. The minimum Gasteiger partial charge on any atom is -0.349 e. The third-order valence-corrected chi connectivity index (χ3v) is 5.88. The van der Waals surface area contributed by atoms with Gasteiger partial charge in [0, 0.05) is 10.9 Å². The van der Waals surface area contributed by atoms with E-state index in [2.05, 4.69) is 30.3 Å². The second kappa shape index (κ2) is 9.67. The number of aromatic nitrogens is 3. The van der Waals surface area contributed by atoms with Crippen LogP contribution in [-0.2, 0) is 11.2 Å². The van der Waals surface area contributed by atoms with Gasteiger partial charge in [-0.25, -0.2) is 4.79 Å². The van der Waals surface area contributed by atoms with Crippen LogP contribution in [0.3, 0.4) is 0 Å². The summed E-state index contributed by atoms with van der Waals surface area (Å²) in [5.41, 5.74) is 4.32. The van der Waals surface area contributed by atoms with Crippen molar-refractivity contribution in [3.63, 3.8) is 0 Å².